The molecule has 14 heteroatoms. The monoisotopic (exact) mass is 462 g/mol. The van der Waals surface area contributed by atoms with Gasteiger partial charge in [-0.15, -0.1) is 11.8 Å². The van der Waals surface area contributed by atoms with Crippen molar-refractivity contribution in [3.63, 3.8) is 0 Å². The number of hydrogen-bond acceptors (Lipinski definition) is 9. The topological polar surface area (TPSA) is 165 Å². The molecule has 3 heterocycles. The fourth-order valence-electron chi connectivity index (χ4n) is 3.22. The Hall–Kier alpha value is 0.806. The van der Waals surface area contributed by atoms with Crippen LogP contribution in [0.3, 0.4) is 0 Å². The van der Waals surface area contributed by atoms with E-state index in [1.807, 2.05) is 0 Å². The van der Waals surface area contributed by atoms with Gasteiger partial charge in [-0.05, 0) is 13.3 Å². The van der Waals surface area contributed by atoms with Crippen LogP contribution in [0.25, 0.3) is 0 Å². The number of β-lactam (4-membered cyclic amide) rings is 1. The molecule has 2 fully saturated rings. The normalized spacial score (nSPS) is 31.4. The van der Waals surface area contributed by atoms with Crippen molar-refractivity contribution < 1.29 is 79.6 Å². The number of nitrogens with zero attached hydrogens (tertiary/aromatic N) is 1. The molecule has 3 rings (SSSR count). The van der Waals surface area contributed by atoms with Gasteiger partial charge < -0.3 is 20.3 Å². The summed E-state index contributed by atoms with van der Waals surface area (Å²) in [4.78, 5) is 24.8. The fourth-order valence-corrected chi connectivity index (χ4v) is 7.00. The van der Waals surface area contributed by atoms with E-state index >= 15 is 0 Å². The van der Waals surface area contributed by atoms with Crippen molar-refractivity contribution >= 4 is 45.6 Å². The van der Waals surface area contributed by atoms with Crippen molar-refractivity contribution in [2.45, 2.75) is 36.1 Å². The van der Waals surface area contributed by atoms with Crippen LogP contribution in [0.1, 0.15) is 13.3 Å². The molecule has 0 spiro atoms. The third kappa shape index (κ3) is 5.30. The SMILES string of the molecule is C[C@@H](O)[C@H]1C(=O)N2C(C(=O)[O-])=C(S[C@H]3CN[C@@H](CNS(N)(=O)=O)C3)S[C@H]12.[K+]. The number of carbonyl (C=O) groups excluding carboxylic acids is 2. The minimum Gasteiger partial charge on any atom is -0.543 e. The maximum absolute atomic E-state index is 12.1. The van der Waals surface area contributed by atoms with Crippen molar-refractivity contribution in [3.05, 3.63) is 9.93 Å². The van der Waals surface area contributed by atoms with Crippen LogP contribution in [-0.2, 0) is 19.8 Å². The van der Waals surface area contributed by atoms with Crippen molar-refractivity contribution in [1.82, 2.24) is 14.9 Å². The Balaban J connectivity index is 0.00000261. The maximum Gasteiger partial charge on any atom is 1.00 e. The summed E-state index contributed by atoms with van der Waals surface area (Å²) < 4.78 is 24.6. The number of thioether (sulfide) groups is 2. The van der Waals surface area contributed by atoms with E-state index < -0.39 is 39.5 Å². The van der Waals surface area contributed by atoms with Crippen molar-refractivity contribution in [2.24, 2.45) is 11.1 Å². The largest absolute Gasteiger partial charge is 1.00 e. The molecule has 0 aliphatic carbocycles. The number of fused-ring (bicyclic) bond motifs is 1. The van der Waals surface area contributed by atoms with Crippen LogP contribution in [0.2, 0.25) is 0 Å². The predicted octanol–water partition coefficient (Wildman–Crippen LogP) is -5.92. The first-order chi connectivity index (χ1) is 12.1. The number of aliphatic hydroxyl groups is 1. The summed E-state index contributed by atoms with van der Waals surface area (Å²) in [5.41, 5.74) is -0.141. The zero-order chi connectivity index (χ0) is 19.2. The smallest absolute Gasteiger partial charge is 0.543 e. The Morgan fingerprint density at radius 2 is 2.26 bits per heavy atom. The summed E-state index contributed by atoms with van der Waals surface area (Å²) >= 11 is 2.58. The zero-order valence-corrected chi connectivity index (χ0v) is 20.3. The van der Waals surface area contributed by atoms with Crippen molar-refractivity contribution in [2.75, 3.05) is 13.1 Å². The molecule has 2 saturated heterocycles. The molecule has 0 aromatic rings. The molecular formula is C13H19KN4O6S3. The van der Waals surface area contributed by atoms with Gasteiger partial charge in [0.05, 0.1) is 27.9 Å². The number of aliphatic hydroxyl groups excluding tert-OH is 1. The average molecular weight is 463 g/mol. The summed E-state index contributed by atoms with van der Waals surface area (Å²) in [6, 6.07) is -0.117. The first-order valence-electron chi connectivity index (χ1n) is 7.89. The molecule has 0 aromatic heterocycles. The van der Waals surface area contributed by atoms with E-state index in [0.717, 1.165) is 0 Å². The molecule has 5 atom stereocenters. The second-order valence-corrected chi connectivity index (χ2v) is 10.5. The van der Waals surface area contributed by atoms with Gasteiger partial charge in [-0.1, -0.05) is 11.8 Å². The van der Waals surface area contributed by atoms with E-state index in [1.54, 1.807) is 0 Å². The minimum absolute atomic E-state index is 0. The molecule has 1 amide bonds. The van der Waals surface area contributed by atoms with Crippen LogP contribution >= 0.6 is 23.5 Å². The van der Waals surface area contributed by atoms with E-state index in [2.05, 4.69) is 10.0 Å². The average Bonchev–Trinajstić information content (AvgIpc) is 3.07. The van der Waals surface area contributed by atoms with Crippen LogP contribution in [0.5, 0.6) is 0 Å². The standard InChI is InChI=1S/C13H20N4O6S3.K/c1-5(18)8-10(19)17-9(12(20)21)13(25-11(8)17)24-7-2-6(15-4-7)3-16-26(14,22)23;/h5-8,11,15-16,18H,2-4H2,1H3,(H,20,21)(H2,14,22,23);/q;+1/p-1/t5-,6-,7-,8+,11-;/m1./s1. The summed E-state index contributed by atoms with van der Waals surface area (Å²) in [7, 11) is -3.76. The molecule has 10 nitrogen and oxygen atoms in total. The summed E-state index contributed by atoms with van der Waals surface area (Å²) in [5.74, 6) is -2.45. The molecule has 27 heavy (non-hydrogen) atoms. The third-order valence-electron chi connectivity index (χ3n) is 4.45. The summed E-state index contributed by atoms with van der Waals surface area (Å²) in [6.07, 6.45) is -0.249. The van der Waals surface area contributed by atoms with Crippen LogP contribution in [-0.4, -0.2) is 66.2 Å². The van der Waals surface area contributed by atoms with Crippen LogP contribution in [0.15, 0.2) is 9.93 Å². The van der Waals surface area contributed by atoms with Gasteiger partial charge in [-0.2, -0.15) is 8.42 Å². The number of rotatable bonds is 7. The van der Waals surface area contributed by atoms with E-state index in [1.165, 1.54) is 35.3 Å². The first kappa shape index (κ1) is 24.1. The van der Waals surface area contributed by atoms with E-state index in [0.29, 0.717) is 17.2 Å². The molecular weight excluding hydrogens is 443 g/mol. The van der Waals surface area contributed by atoms with Gasteiger partial charge in [0, 0.05) is 24.4 Å². The van der Waals surface area contributed by atoms with Crippen molar-refractivity contribution in [1.29, 1.82) is 0 Å². The Kier molecular flexibility index (Phi) is 8.30. The number of nitrogens with one attached hydrogen (secondary N) is 2. The predicted molar refractivity (Wildman–Crippen MR) is 94.3 cm³/mol. The number of nitrogens with two attached hydrogens (primary N) is 1. The molecule has 0 bridgehead atoms. The van der Waals surface area contributed by atoms with E-state index in [4.69, 9.17) is 5.14 Å². The first-order valence-corrected chi connectivity index (χ1v) is 11.2. The van der Waals surface area contributed by atoms with Gasteiger partial charge in [0.25, 0.3) is 10.2 Å². The molecule has 0 aromatic carbocycles. The summed E-state index contributed by atoms with van der Waals surface area (Å²) in [6.45, 7) is 2.21. The molecule has 3 aliphatic heterocycles. The Morgan fingerprint density at radius 3 is 2.81 bits per heavy atom. The third-order valence-corrected chi connectivity index (χ3v) is 7.84. The molecule has 3 aliphatic rings. The van der Waals surface area contributed by atoms with Gasteiger partial charge in [-0.3, -0.25) is 9.69 Å². The van der Waals surface area contributed by atoms with Crippen molar-refractivity contribution in [3.8, 4) is 0 Å². The number of carboxylic acid groups (broad SMARTS) is 1. The fraction of sp³-hybridized carbons (Fsp3) is 0.692. The van der Waals surface area contributed by atoms with Crippen LogP contribution in [0, 0.1) is 5.92 Å². The van der Waals surface area contributed by atoms with E-state index in [9.17, 15) is 28.2 Å². The Bertz CT molecular complexity index is 761. The van der Waals surface area contributed by atoms with Gasteiger partial charge in [0.1, 0.15) is 5.37 Å². The van der Waals surface area contributed by atoms with Gasteiger partial charge in [-0.25, -0.2) is 9.86 Å². The van der Waals surface area contributed by atoms with Crippen LogP contribution < -0.4 is 71.7 Å². The minimum atomic E-state index is -3.76. The molecule has 0 radical (unpaired) electrons. The number of aliphatic carboxylic acids is 1. The van der Waals surface area contributed by atoms with Crippen LogP contribution in [0.4, 0.5) is 0 Å². The number of carbonyl (C=O) groups is 2. The van der Waals surface area contributed by atoms with Gasteiger partial charge in [0.15, 0.2) is 0 Å². The Labute approximate surface area is 208 Å². The van der Waals surface area contributed by atoms with E-state index in [-0.39, 0.29) is 74.9 Å². The number of carboxylic acids is 1. The number of amides is 1. The zero-order valence-electron chi connectivity index (χ0n) is 14.7. The van der Waals surface area contributed by atoms with Gasteiger partial charge in [0.2, 0.25) is 5.91 Å². The quantitative estimate of drug-likeness (QED) is 0.213. The number of hydrogen-bond donors (Lipinski definition) is 4. The Morgan fingerprint density at radius 1 is 1.59 bits per heavy atom. The molecule has 5 N–H and O–H groups in total. The molecule has 0 saturated carbocycles. The maximum atomic E-state index is 12.1. The second kappa shape index (κ2) is 9.30. The molecule has 0 unspecified atom stereocenters. The molecule has 146 valence electrons. The second-order valence-electron chi connectivity index (χ2n) is 6.38. The summed E-state index contributed by atoms with van der Waals surface area (Å²) in [5, 5.41) is 28.9. The van der Waals surface area contributed by atoms with Gasteiger partial charge >= 0.3 is 51.4 Å².